The topological polar surface area (TPSA) is 82.1 Å². The summed E-state index contributed by atoms with van der Waals surface area (Å²) in [5, 5.41) is 0. The molecule has 23 heavy (non-hydrogen) atoms. The van der Waals surface area contributed by atoms with Gasteiger partial charge in [-0.3, -0.25) is 14.5 Å². The average molecular weight is 319 g/mol. The zero-order valence-corrected chi connectivity index (χ0v) is 13.1. The van der Waals surface area contributed by atoms with E-state index < -0.39 is 30.6 Å². The van der Waals surface area contributed by atoms with Crippen molar-refractivity contribution in [2.45, 2.75) is 13.2 Å². The molecule has 1 unspecified atom stereocenters. The molecule has 0 fully saturated rings. The molecule has 0 bridgehead atoms. The van der Waals surface area contributed by atoms with E-state index in [0.29, 0.717) is 11.1 Å². The Morgan fingerprint density at radius 2 is 1.83 bits per heavy atom. The Kier molecular flexibility index (Phi) is 5.00. The van der Waals surface area contributed by atoms with Gasteiger partial charge in [0.2, 0.25) is 0 Å². The van der Waals surface area contributed by atoms with Crippen molar-refractivity contribution in [2.75, 3.05) is 20.8 Å². The molecule has 1 aromatic carbocycles. The molecular formula is C16H17NO6. The van der Waals surface area contributed by atoms with E-state index in [2.05, 4.69) is 9.47 Å². The molecule has 1 aliphatic rings. The second-order valence-electron chi connectivity index (χ2n) is 4.82. The zero-order chi connectivity index (χ0) is 17.0. The van der Waals surface area contributed by atoms with Crippen molar-refractivity contribution in [2.24, 2.45) is 0 Å². The number of rotatable bonds is 4. The molecule has 2 rings (SSSR count). The summed E-state index contributed by atoms with van der Waals surface area (Å²) in [5.41, 5.74) is 0.949. The summed E-state index contributed by atoms with van der Waals surface area (Å²) < 4.78 is 14.9. The normalized spacial score (nSPS) is 17.6. The molecule has 1 atom stereocenters. The molecule has 1 aromatic rings. The fourth-order valence-corrected chi connectivity index (χ4v) is 2.19. The molecule has 0 radical (unpaired) electrons. The Hall–Kier alpha value is -2.83. The quantitative estimate of drug-likeness (QED) is 0.769. The van der Waals surface area contributed by atoms with E-state index in [0.717, 1.165) is 4.90 Å². The molecule has 0 N–H and O–H groups in total. The molecule has 122 valence electrons. The average Bonchev–Trinajstić information content (AvgIpc) is 2.59. The van der Waals surface area contributed by atoms with Crippen LogP contribution in [-0.4, -0.2) is 49.7 Å². The number of benzene rings is 1. The Morgan fingerprint density at radius 1 is 1.17 bits per heavy atom. The maximum absolute atomic E-state index is 12.6. The lowest BCUT2D eigenvalue weighted by Gasteiger charge is -2.34. The minimum Gasteiger partial charge on any atom is -0.468 e. The first-order valence-electron chi connectivity index (χ1n) is 6.88. The van der Waals surface area contributed by atoms with E-state index in [1.54, 1.807) is 31.2 Å². The van der Waals surface area contributed by atoms with Crippen LogP contribution in [0.2, 0.25) is 0 Å². The van der Waals surface area contributed by atoms with Gasteiger partial charge in [0.15, 0.2) is 0 Å². The predicted octanol–water partition coefficient (Wildman–Crippen LogP) is 0.948. The van der Waals surface area contributed by atoms with E-state index in [1.807, 2.05) is 6.07 Å². The van der Waals surface area contributed by atoms with Gasteiger partial charge in [-0.25, -0.2) is 4.79 Å². The van der Waals surface area contributed by atoms with E-state index >= 15 is 0 Å². The standard InChI is InChI=1S/C16H17NO6/c1-10-13(11-7-5-4-6-8-11)23-15(16(20)22-3)17(14(10)19)9-12(18)21-2/h4-8,15H,9H2,1-3H3. The van der Waals surface area contributed by atoms with Gasteiger partial charge in [-0.15, -0.1) is 0 Å². The number of methoxy groups -OCH3 is 2. The maximum atomic E-state index is 12.6. The summed E-state index contributed by atoms with van der Waals surface area (Å²) in [5.74, 6) is -1.64. The summed E-state index contributed by atoms with van der Waals surface area (Å²) in [6, 6.07) is 8.92. The second kappa shape index (κ2) is 6.95. The molecule has 0 aromatic heterocycles. The highest BCUT2D eigenvalue weighted by atomic mass is 16.6. The van der Waals surface area contributed by atoms with Crippen LogP contribution in [0.1, 0.15) is 12.5 Å². The molecule has 7 nitrogen and oxygen atoms in total. The monoisotopic (exact) mass is 319 g/mol. The molecule has 7 heteroatoms. The van der Waals surface area contributed by atoms with E-state index in [9.17, 15) is 14.4 Å². The van der Waals surface area contributed by atoms with E-state index in [4.69, 9.17) is 4.74 Å². The van der Waals surface area contributed by atoms with Gasteiger partial charge < -0.3 is 14.2 Å². The number of carbonyl (C=O) groups is 3. The summed E-state index contributed by atoms with van der Waals surface area (Å²) in [6.07, 6.45) is -1.34. The third-order valence-corrected chi connectivity index (χ3v) is 3.40. The first-order valence-corrected chi connectivity index (χ1v) is 6.88. The molecule has 1 aliphatic heterocycles. The highest BCUT2D eigenvalue weighted by Crippen LogP contribution is 2.29. The zero-order valence-electron chi connectivity index (χ0n) is 13.1. The van der Waals surface area contributed by atoms with Gasteiger partial charge in [-0.2, -0.15) is 0 Å². The van der Waals surface area contributed by atoms with Gasteiger partial charge in [-0.1, -0.05) is 30.3 Å². The van der Waals surface area contributed by atoms with Crippen molar-refractivity contribution in [1.82, 2.24) is 4.90 Å². The predicted molar refractivity (Wildman–Crippen MR) is 79.7 cm³/mol. The maximum Gasteiger partial charge on any atom is 0.369 e. The lowest BCUT2D eigenvalue weighted by Crippen LogP contribution is -2.52. The summed E-state index contributed by atoms with van der Waals surface area (Å²) in [7, 11) is 2.38. The molecule has 0 saturated heterocycles. The van der Waals surface area contributed by atoms with Crippen molar-refractivity contribution in [3.63, 3.8) is 0 Å². The highest BCUT2D eigenvalue weighted by molar-refractivity contribution is 6.04. The van der Waals surface area contributed by atoms with Crippen molar-refractivity contribution in [1.29, 1.82) is 0 Å². The largest absolute Gasteiger partial charge is 0.468 e. The first kappa shape index (κ1) is 16.5. The van der Waals surface area contributed by atoms with Gasteiger partial charge >= 0.3 is 11.9 Å². The first-order chi connectivity index (χ1) is 11.0. The van der Waals surface area contributed by atoms with Gasteiger partial charge in [0, 0.05) is 5.56 Å². The van der Waals surface area contributed by atoms with Crippen molar-refractivity contribution in [3.05, 3.63) is 41.5 Å². The Bertz CT molecular complexity index is 652. The van der Waals surface area contributed by atoms with Crippen LogP contribution in [0.25, 0.3) is 5.76 Å². The van der Waals surface area contributed by atoms with Crippen molar-refractivity contribution >= 4 is 23.6 Å². The molecule has 1 amide bonds. The molecular weight excluding hydrogens is 302 g/mol. The number of hydrogen-bond acceptors (Lipinski definition) is 6. The van der Waals surface area contributed by atoms with Crippen LogP contribution in [-0.2, 0) is 28.6 Å². The number of hydrogen-bond donors (Lipinski definition) is 0. The van der Waals surface area contributed by atoms with E-state index in [-0.39, 0.29) is 5.76 Å². The van der Waals surface area contributed by atoms with Crippen LogP contribution in [0, 0.1) is 0 Å². The lowest BCUT2D eigenvalue weighted by molar-refractivity contribution is -0.171. The molecule has 1 heterocycles. The third-order valence-electron chi connectivity index (χ3n) is 3.40. The Balaban J connectivity index is 2.43. The van der Waals surface area contributed by atoms with Gasteiger partial charge in [0.1, 0.15) is 12.3 Å². The summed E-state index contributed by atoms with van der Waals surface area (Å²) >= 11 is 0. The van der Waals surface area contributed by atoms with Crippen molar-refractivity contribution < 1.29 is 28.6 Å². The number of carbonyl (C=O) groups excluding carboxylic acids is 3. The SMILES string of the molecule is COC(=O)CN1C(=O)C(C)=C(c2ccccc2)OC1C(=O)OC. The van der Waals surface area contributed by atoms with Gasteiger partial charge in [0.25, 0.3) is 12.1 Å². The number of amides is 1. The Morgan fingerprint density at radius 3 is 2.39 bits per heavy atom. The van der Waals surface area contributed by atoms with Crippen LogP contribution in [0.3, 0.4) is 0 Å². The van der Waals surface area contributed by atoms with Crippen LogP contribution < -0.4 is 0 Å². The van der Waals surface area contributed by atoms with Crippen LogP contribution in [0.4, 0.5) is 0 Å². The number of ether oxygens (including phenoxy) is 3. The molecule has 0 aliphatic carbocycles. The summed E-state index contributed by atoms with van der Waals surface area (Å²) in [6.45, 7) is 1.16. The third kappa shape index (κ3) is 3.33. The van der Waals surface area contributed by atoms with Gasteiger partial charge in [0.05, 0.1) is 19.8 Å². The minimum atomic E-state index is -1.34. The van der Waals surface area contributed by atoms with Crippen molar-refractivity contribution in [3.8, 4) is 0 Å². The minimum absolute atomic E-state index is 0.284. The molecule has 0 spiro atoms. The lowest BCUT2D eigenvalue weighted by atomic mass is 10.1. The second-order valence-corrected chi connectivity index (χ2v) is 4.82. The van der Waals surface area contributed by atoms with Gasteiger partial charge in [-0.05, 0) is 6.92 Å². The van der Waals surface area contributed by atoms with Crippen LogP contribution in [0.15, 0.2) is 35.9 Å². The number of esters is 2. The van der Waals surface area contributed by atoms with Crippen LogP contribution in [0.5, 0.6) is 0 Å². The fraction of sp³-hybridized carbons (Fsp3) is 0.312. The van der Waals surface area contributed by atoms with Crippen LogP contribution >= 0.6 is 0 Å². The smallest absolute Gasteiger partial charge is 0.369 e. The van der Waals surface area contributed by atoms with E-state index in [1.165, 1.54) is 14.2 Å². The fourth-order valence-electron chi connectivity index (χ4n) is 2.19. The highest BCUT2D eigenvalue weighted by Gasteiger charge is 2.40. The summed E-state index contributed by atoms with van der Waals surface area (Å²) in [4.78, 5) is 37.0. The number of nitrogens with zero attached hydrogens (tertiary/aromatic N) is 1. The molecule has 0 saturated carbocycles. The Labute approximate surface area is 133 Å².